The van der Waals surface area contributed by atoms with Crippen LogP contribution in [0.5, 0.6) is 11.5 Å². The monoisotopic (exact) mass is 528 g/mol. The van der Waals surface area contributed by atoms with Gasteiger partial charge in [0.25, 0.3) is 0 Å². The van der Waals surface area contributed by atoms with Crippen molar-refractivity contribution in [3.63, 3.8) is 0 Å². The Morgan fingerprint density at radius 2 is 1.56 bits per heavy atom. The second-order valence-corrected chi connectivity index (χ2v) is 9.97. The number of ether oxygens (including phenoxy) is 2. The lowest BCUT2D eigenvalue weighted by molar-refractivity contribution is -0.115. The molecule has 0 bridgehead atoms. The van der Waals surface area contributed by atoms with Crippen molar-refractivity contribution in [2.75, 3.05) is 25.6 Å². The van der Waals surface area contributed by atoms with Crippen molar-refractivity contribution in [2.45, 2.75) is 46.2 Å². The smallest absolute Gasteiger partial charge is 0.228 e. The fourth-order valence-corrected chi connectivity index (χ4v) is 4.81. The molecule has 192 valence electrons. The van der Waals surface area contributed by atoms with Crippen LogP contribution in [-0.4, -0.2) is 43.2 Å². The first-order valence-electron chi connectivity index (χ1n) is 12.1. The Morgan fingerprint density at radius 3 is 2.14 bits per heavy atom. The highest BCUT2D eigenvalue weighted by molar-refractivity contribution is 6.39. The van der Waals surface area contributed by atoms with Crippen molar-refractivity contribution in [2.24, 2.45) is 0 Å². The lowest BCUT2D eigenvalue weighted by Gasteiger charge is -2.30. The third kappa shape index (κ3) is 7.39. The quantitative estimate of drug-likeness (QED) is 0.282. The third-order valence-corrected chi connectivity index (χ3v) is 6.58. The van der Waals surface area contributed by atoms with Crippen molar-refractivity contribution in [1.29, 1.82) is 0 Å². The van der Waals surface area contributed by atoms with Crippen LogP contribution in [0.4, 0.5) is 5.69 Å². The van der Waals surface area contributed by atoms with Gasteiger partial charge in [0.05, 0.1) is 13.5 Å². The highest BCUT2D eigenvalue weighted by Crippen LogP contribution is 2.34. The minimum Gasteiger partial charge on any atom is -0.493 e. The van der Waals surface area contributed by atoms with Crippen LogP contribution in [0.1, 0.15) is 33.3 Å². The molecule has 0 fully saturated rings. The van der Waals surface area contributed by atoms with Gasteiger partial charge in [-0.05, 0) is 63.1 Å². The maximum absolute atomic E-state index is 12.7. The molecule has 0 aliphatic rings. The van der Waals surface area contributed by atoms with Crippen LogP contribution >= 0.6 is 23.2 Å². The number of rotatable bonds is 11. The van der Waals surface area contributed by atoms with Gasteiger partial charge in [0.15, 0.2) is 11.5 Å². The van der Waals surface area contributed by atoms with Crippen LogP contribution in [0.15, 0.2) is 60.7 Å². The van der Waals surface area contributed by atoms with Crippen LogP contribution < -0.4 is 14.8 Å². The van der Waals surface area contributed by atoms with Gasteiger partial charge in [-0.1, -0.05) is 53.5 Å². The number of nitrogens with one attached hydrogen (secondary N) is 1. The van der Waals surface area contributed by atoms with E-state index >= 15 is 0 Å². The molecule has 0 aliphatic carbocycles. The standard InChI is InChI=1S/C29H34Cl2N2O3/c1-19(2)33(20(3)4)15-16-36-27-18-23(13-14-26(27)35-5)32-28(34)17-21-9-11-22(12-10-21)29-24(30)7-6-8-25(29)31/h6-14,18-20H,15-17H2,1-5H3,(H,32,34). The number of carbonyl (C=O) groups excluding carboxylic acids is 1. The molecule has 0 radical (unpaired) electrons. The lowest BCUT2D eigenvalue weighted by Crippen LogP contribution is -2.39. The summed E-state index contributed by atoms with van der Waals surface area (Å²) in [7, 11) is 1.61. The molecule has 0 aromatic heterocycles. The van der Waals surface area contributed by atoms with Crippen LogP contribution in [0.25, 0.3) is 11.1 Å². The Labute approximate surface area is 224 Å². The fraction of sp³-hybridized carbons (Fsp3) is 0.345. The summed E-state index contributed by atoms with van der Waals surface area (Å²) >= 11 is 12.6. The molecule has 1 N–H and O–H groups in total. The molecule has 0 aliphatic heterocycles. The molecule has 7 heteroatoms. The van der Waals surface area contributed by atoms with E-state index < -0.39 is 0 Å². The Bertz CT molecular complexity index is 1140. The van der Waals surface area contributed by atoms with Crippen LogP contribution in [0.3, 0.4) is 0 Å². The van der Waals surface area contributed by atoms with E-state index in [2.05, 4.69) is 37.9 Å². The van der Waals surface area contributed by atoms with Crippen molar-refractivity contribution in [1.82, 2.24) is 4.90 Å². The van der Waals surface area contributed by atoms with Gasteiger partial charge < -0.3 is 14.8 Å². The van der Waals surface area contributed by atoms with Gasteiger partial charge in [0, 0.05) is 46.0 Å². The molecule has 5 nitrogen and oxygen atoms in total. The Balaban J connectivity index is 1.63. The second-order valence-electron chi connectivity index (χ2n) is 9.16. The number of carbonyl (C=O) groups is 1. The Morgan fingerprint density at radius 1 is 0.917 bits per heavy atom. The largest absolute Gasteiger partial charge is 0.493 e. The van der Waals surface area contributed by atoms with Gasteiger partial charge >= 0.3 is 0 Å². The van der Waals surface area contributed by atoms with E-state index in [1.165, 1.54) is 0 Å². The second kappa shape index (κ2) is 13.0. The molecule has 3 rings (SSSR count). The predicted molar refractivity (Wildman–Crippen MR) is 150 cm³/mol. The summed E-state index contributed by atoms with van der Waals surface area (Å²) in [6.07, 6.45) is 0.233. The first kappa shape index (κ1) is 27.9. The van der Waals surface area contributed by atoms with Crippen LogP contribution in [0.2, 0.25) is 10.0 Å². The van der Waals surface area contributed by atoms with Gasteiger partial charge in [-0.15, -0.1) is 0 Å². The average Bonchev–Trinajstić information content (AvgIpc) is 2.82. The van der Waals surface area contributed by atoms with E-state index in [4.69, 9.17) is 32.7 Å². The molecule has 3 aromatic carbocycles. The maximum atomic E-state index is 12.7. The number of methoxy groups -OCH3 is 1. The van der Waals surface area contributed by atoms with Crippen LogP contribution in [-0.2, 0) is 11.2 Å². The van der Waals surface area contributed by atoms with Gasteiger partial charge in [-0.25, -0.2) is 0 Å². The average molecular weight is 530 g/mol. The predicted octanol–water partition coefficient (Wildman–Crippen LogP) is 7.35. The van der Waals surface area contributed by atoms with Gasteiger partial charge in [0.1, 0.15) is 6.61 Å². The Kier molecular flexibility index (Phi) is 10.1. The molecule has 0 saturated carbocycles. The van der Waals surface area contributed by atoms with E-state index in [0.29, 0.717) is 45.9 Å². The third-order valence-electron chi connectivity index (χ3n) is 5.95. The molecule has 1 amide bonds. The SMILES string of the molecule is COc1ccc(NC(=O)Cc2ccc(-c3c(Cl)cccc3Cl)cc2)cc1OCCN(C(C)C)C(C)C. The molecule has 36 heavy (non-hydrogen) atoms. The van der Waals surface area contributed by atoms with Gasteiger partial charge in [-0.2, -0.15) is 0 Å². The van der Waals surface area contributed by atoms with Crippen LogP contribution in [0, 0.1) is 0 Å². The first-order chi connectivity index (χ1) is 17.2. The summed E-state index contributed by atoms with van der Waals surface area (Å²) in [4.78, 5) is 15.1. The Hall–Kier alpha value is -2.73. The van der Waals surface area contributed by atoms with E-state index in [0.717, 1.165) is 23.2 Å². The summed E-state index contributed by atoms with van der Waals surface area (Å²) < 4.78 is 11.5. The number of halogens is 2. The molecule has 3 aromatic rings. The molecule has 0 heterocycles. The van der Waals surface area contributed by atoms with Crippen molar-refractivity contribution < 1.29 is 14.3 Å². The number of anilines is 1. The summed E-state index contributed by atoms with van der Waals surface area (Å²) in [5, 5.41) is 4.13. The summed E-state index contributed by atoms with van der Waals surface area (Å²) in [6, 6.07) is 19.4. The molecular weight excluding hydrogens is 495 g/mol. The zero-order chi connectivity index (χ0) is 26.2. The highest BCUT2D eigenvalue weighted by Gasteiger charge is 2.15. The molecule has 0 spiro atoms. The topological polar surface area (TPSA) is 50.8 Å². The van der Waals surface area contributed by atoms with Gasteiger partial charge in [-0.3, -0.25) is 9.69 Å². The molecule has 0 saturated heterocycles. The number of benzene rings is 3. The minimum absolute atomic E-state index is 0.125. The highest BCUT2D eigenvalue weighted by atomic mass is 35.5. The number of amides is 1. The zero-order valence-corrected chi connectivity index (χ0v) is 23.0. The van der Waals surface area contributed by atoms with Crippen molar-refractivity contribution >= 4 is 34.8 Å². The number of hydrogen-bond acceptors (Lipinski definition) is 4. The molecule has 0 unspecified atom stereocenters. The van der Waals surface area contributed by atoms with E-state index in [1.807, 2.05) is 42.5 Å². The normalized spacial score (nSPS) is 11.3. The summed E-state index contributed by atoms with van der Waals surface area (Å²) in [5.74, 6) is 1.10. The van der Waals surface area contributed by atoms with Gasteiger partial charge in [0.2, 0.25) is 5.91 Å². The fourth-order valence-electron chi connectivity index (χ4n) is 4.19. The first-order valence-corrected chi connectivity index (χ1v) is 12.8. The summed E-state index contributed by atoms with van der Waals surface area (Å²) in [5.41, 5.74) is 3.22. The van der Waals surface area contributed by atoms with E-state index in [1.54, 1.807) is 25.3 Å². The zero-order valence-electron chi connectivity index (χ0n) is 21.5. The molecular formula is C29H34Cl2N2O3. The van der Waals surface area contributed by atoms with E-state index in [9.17, 15) is 4.79 Å². The minimum atomic E-state index is -0.125. The van der Waals surface area contributed by atoms with Crippen molar-refractivity contribution in [3.05, 3.63) is 76.3 Å². The number of hydrogen-bond donors (Lipinski definition) is 1. The maximum Gasteiger partial charge on any atom is 0.228 e. The molecule has 0 atom stereocenters. The lowest BCUT2D eigenvalue weighted by atomic mass is 10.0. The van der Waals surface area contributed by atoms with E-state index in [-0.39, 0.29) is 12.3 Å². The summed E-state index contributed by atoms with van der Waals surface area (Å²) in [6.45, 7) is 10.0. The van der Waals surface area contributed by atoms with Crippen molar-refractivity contribution in [3.8, 4) is 22.6 Å². The number of nitrogens with zero attached hydrogens (tertiary/aromatic N) is 1.